The molecule has 2 heteroatoms. The van der Waals surface area contributed by atoms with Gasteiger partial charge in [-0.25, -0.2) is 0 Å². The number of hydrogen-bond donors (Lipinski definition) is 0. The van der Waals surface area contributed by atoms with Gasteiger partial charge in [-0.05, 0) is 38.5 Å². The maximum Gasteiger partial charge on any atom is 0.143 e. The maximum atomic E-state index is 12.2. The van der Waals surface area contributed by atoms with Gasteiger partial charge < -0.3 is 0 Å². The molecule has 0 N–H and O–H groups in total. The van der Waals surface area contributed by atoms with Crippen LogP contribution in [0.15, 0.2) is 12.2 Å². The molecule has 0 amide bonds. The molecule has 0 aliphatic heterocycles. The van der Waals surface area contributed by atoms with E-state index in [1.54, 1.807) is 6.92 Å². The van der Waals surface area contributed by atoms with E-state index in [9.17, 15) is 9.59 Å². The first-order chi connectivity index (χ1) is 9.13. The molecule has 0 aromatic carbocycles. The summed E-state index contributed by atoms with van der Waals surface area (Å²) in [7, 11) is 0. The van der Waals surface area contributed by atoms with E-state index < -0.39 is 0 Å². The minimum atomic E-state index is -0.382. The Bertz CT molecular complexity index is 317. The summed E-state index contributed by atoms with van der Waals surface area (Å²) in [6.45, 7) is 3.59. The van der Waals surface area contributed by atoms with Crippen LogP contribution in [-0.2, 0) is 9.59 Å². The molecule has 108 valence electrons. The molecule has 1 rings (SSSR count). The van der Waals surface area contributed by atoms with Crippen LogP contribution in [0.1, 0.15) is 71.6 Å². The maximum absolute atomic E-state index is 12.2. The highest BCUT2D eigenvalue weighted by Crippen LogP contribution is 2.22. The number of rotatable bonds is 1. The van der Waals surface area contributed by atoms with Crippen molar-refractivity contribution >= 4 is 11.6 Å². The fourth-order valence-corrected chi connectivity index (χ4v) is 2.93. The van der Waals surface area contributed by atoms with Gasteiger partial charge in [-0.3, -0.25) is 9.59 Å². The molecule has 2 nitrogen and oxygen atoms in total. The minimum Gasteiger partial charge on any atom is -0.299 e. The van der Waals surface area contributed by atoms with Crippen LogP contribution in [0, 0.1) is 11.8 Å². The predicted molar refractivity (Wildman–Crippen MR) is 79.0 cm³/mol. The Labute approximate surface area is 117 Å². The van der Waals surface area contributed by atoms with E-state index in [4.69, 9.17) is 0 Å². The van der Waals surface area contributed by atoms with Crippen molar-refractivity contribution < 1.29 is 9.59 Å². The van der Waals surface area contributed by atoms with E-state index in [1.165, 1.54) is 25.7 Å². The van der Waals surface area contributed by atoms with Gasteiger partial charge in [0.05, 0.1) is 5.92 Å². The van der Waals surface area contributed by atoms with Gasteiger partial charge in [0.2, 0.25) is 0 Å². The van der Waals surface area contributed by atoms with E-state index in [1.807, 2.05) is 6.92 Å². The normalized spacial score (nSPS) is 27.8. The fraction of sp³-hybridized carbons (Fsp3) is 0.765. The molecule has 0 heterocycles. The van der Waals surface area contributed by atoms with Crippen molar-refractivity contribution in [3.8, 4) is 0 Å². The number of carbonyl (C=O) groups excluding carboxylic acids is 2. The summed E-state index contributed by atoms with van der Waals surface area (Å²) in [4.78, 5) is 23.9. The molecule has 2 unspecified atom stereocenters. The van der Waals surface area contributed by atoms with E-state index in [-0.39, 0.29) is 23.4 Å². The van der Waals surface area contributed by atoms with Crippen molar-refractivity contribution in [1.82, 2.24) is 0 Å². The second-order valence-corrected chi connectivity index (χ2v) is 5.90. The molecule has 0 saturated carbocycles. The van der Waals surface area contributed by atoms with Crippen molar-refractivity contribution in [2.75, 3.05) is 0 Å². The first kappa shape index (κ1) is 16.1. The Morgan fingerprint density at radius 1 is 1.05 bits per heavy atom. The van der Waals surface area contributed by atoms with E-state index in [0.717, 1.165) is 25.7 Å². The Hall–Kier alpha value is -0.920. The minimum absolute atomic E-state index is 0.0398. The molecule has 0 aromatic heterocycles. The lowest BCUT2D eigenvalue weighted by molar-refractivity contribution is -0.133. The monoisotopic (exact) mass is 264 g/mol. The Morgan fingerprint density at radius 2 is 1.68 bits per heavy atom. The van der Waals surface area contributed by atoms with Gasteiger partial charge in [-0.2, -0.15) is 0 Å². The van der Waals surface area contributed by atoms with E-state index in [0.29, 0.717) is 6.42 Å². The highest BCUT2D eigenvalue weighted by molar-refractivity contribution is 6.01. The van der Waals surface area contributed by atoms with Gasteiger partial charge in [0, 0.05) is 6.42 Å². The number of hydrogen-bond acceptors (Lipinski definition) is 2. The SMILES string of the molecule is CC(=O)C1C(=O)CCCCCCCCC=CCC1C. The van der Waals surface area contributed by atoms with Crippen LogP contribution < -0.4 is 0 Å². The lowest BCUT2D eigenvalue weighted by Crippen LogP contribution is -2.28. The topological polar surface area (TPSA) is 34.1 Å². The molecule has 2 atom stereocenters. The van der Waals surface area contributed by atoms with Gasteiger partial charge in [0.25, 0.3) is 0 Å². The van der Waals surface area contributed by atoms with Gasteiger partial charge in [-0.1, -0.05) is 44.8 Å². The number of allylic oxidation sites excluding steroid dienone is 2. The predicted octanol–water partition coefficient (Wildman–Crippen LogP) is 4.48. The Kier molecular flexibility index (Phi) is 7.69. The van der Waals surface area contributed by atoms with Gasteiger partial charge >= 0.3 is 0 Å². The van der Waals surface area contributed by atoms with Crippen molar-refractivity contribution in [1.29, 1.82) is 0 Å². The van der Waals surface area contributed by atoms with Gasteiger partial charge in [0.15, 0.2) is 0 Å². The van der Waals surface area contributed by atoms with Crippen LogP contribution in [0.4, 0.5) is 0 Å². The average Bonchev–Trinajstić information content (AvgIpc) is 2.34. The summed E-state index contributed by atoms with van der Waals surface area (Å²) in [6, 6.07) is 0. The van der Waals surface area contributed by atoms with Crippen LogP contribution in [0.3, 0.4) is 0 Å². The van der Waals surface area contributed by atoms with Crippen LogP contribution in [0.2, 0.25) is 0 Å². The molecule has 19 heavy (non-hydrogen) atoms. The zero-order valence-corrected chi connectivity index (χ0v) is 12.5. The lowest BCUT2D eigenvalue weighted by atomic mass is 9.83. The molecular formula is C17H28O2. The number of carbonyl (C=O) groups is 2. The molecule has 0 saturated heterocycles. The zero-order chi connectivity index (χ0) is 14.1. The third-order valence-corrected chi connectivity index (χ3v) is 4.07. The number of Topliss-reactive ketones (excluding diaryl/α,β-unsaturated/α-hetero) is 2. The van der Waals surface area contributed by atoms with Crippen LogP contribution in [0.5, 0.6) is 0 Å². The van der Waals surface area contributed by atoms with Crippen LogP contribution in [0.25, 0.3) is 0 Å². The molecular weight excluding hydrogens is 236 g/mol. The van der Waals surface area contributed by atoms with Crippen LogP contribution >= 0.6 is 0 Å². The van der Waals surface area contributed by atoms with E-state index in [2.05, 4.69) is 12.2 Å². The highest BCUT2D eigenvalue weighted by Gasteiger charge is 2.27. The summed E-state index contributed by atoms with van der Waals surface area (Å²) in [6.07, 6.45) is 14.0. The second kappa shape index (κ2) is 9.06. The fourth-order valence-electron chi connectivity index (χ4n) is 2.93. The summed E-state index contributed by atoms with van der Waals surface area (Å²) in [5.41, 5.74) is 0. The smallest absolute Gasteiger partial charge is 0.143 e. The standard InChI is InChI=1S/C17H28O2/c1-14-12-10-8-6-4-3-5-7-9-11-13-16(19)17(14)15(2)18/h8,10,14,17H,3-7,9,11-13H2,1-2H3. The summed E-state index contributed by atoms with van der Waals surface area (Å²) in [5, 5.41) is 0. The molecule has 0 fully saturated rings. The third-order valence-electron chi connectivity index (χ3n) is 4.07. The second-order valence-electron chi connectivity index (χ2n) is 5.90. The van der Waals surface area contributed by atoms with Crippen molar-refractivity contribution in [2.45, 2.75) is 71.6 Å². The summed E-state index contributed by atoms with van der Waals surface area (Å²) >= 11 is 0. The quantitative estimate of drug-likeness (QED) is 0.517. The molecule has 0 aromatic rings. The Morgan fingerprint density at radius 3 is 2.37 bits per heavy atom. The first-order valence-electron chi connectivity index (χ1n) is 7.81. The number of ketones is 2. The summed E-state index contributed by atoms with van der Waals surface area (Å²) in [5.74, 6) is -0.0414. The largest absolute Gasteiger partial charge is 0.299 e. The van der Waals surface area contributed by atoms with E-state index >= 15 is 0 Å². The molecule has 0 bridgehead atoms. The molecule has 1 aliphatic carbocycles. The summed E-state index contributed by atoms with van der Waals surface area (Å²) < 4.78 is 0. The average molecular weight is 264 g/mol. The molecule has 0 radical (unpaired) electrons. The zero-order valence-electron chi connectivity index (χ0n) is 12.5. The molecule has 0 spiro atoms. The molecule has 1 aliphatic rings. The van der Waals surface area contributed by atoms with Gasteiger partial charge in [-0.15, -0.1) is 0 Å². The first-order valence-corrected chi connectivity index (χ1v) is 7.81. The third kappa shape index (κ3) is 6.17. The van der Waals surface area contributed by atoms with Crippen molar-refractivity contribution in [3.05, 3.63) is 12.2 Å². The van der Waals surface area contributed by atoms with Crippen LogP contribution in [-0.4, -0.2) is 11.6 Å². The van der Waals surface area contributed by atoms with Crippen molar-refractivity contribution in [3.63, 3.8) is 0 Å². The lowest BCUT2D eigenvalue weighted by Gasteiger charge is -2.19. The highest BCUT2D eigenvalue weighted by atomic mass is 16.1. The van der Waals surface area contributed by atoms with Gasteiger partial charge in [0.1, 0.15) is 11.6 Å². The Balaban J connectivity index is 2.65. The van der Waals surface area contributed by atoms with Crippen molar-refractivity contribution in [2.24, 2.45) is 11.8 Å².